The van der Waals surface area contributed by atoms with Crippen LogP contribution in [-0.4, -0.2) is 15.3 Å². The second-order valence-corrected chi connectivity index (χ2v) is 13.9. The number of fused-ring (bicyclic) bond motifs is 4. The number of rotatable bonds is 1. The molecular weight excluding hydrogens is 345 g/mol. The van der Waals surface area contributed by atoms with Crippen molar-refractivity contribution >= 4 is 7.92 Å². The van der Waals surface area contributed by atoms with Gasteiger partial charge in [0.25, 0.3) is 0 Å². The second-order valence-electron chi connectivity index (χ2n) is 10.2. The fourth-order valence-electron chi connectivity index (χ4n) is 4.97. The lowest BCUT2D eigenvalue weighted by Gasteiger charge is -2.45. The van der Waals surface area contributed by atoms with Gasteiger partial charge in [-0.15, -0.1) is 0 Å². The molecule has 1 nitrogen and oxygen atoms in total. The first-order valence-electron chi connectivity index (χ1n) is 10.4. The average Bonchev–Trinajstić information content (AvgIpc) is 2.57. The number of pyridine rings is 1. The maximum Gasteiger partial charge on any atom is 0.0711 e. The number of hydrogen-bond donors (Lipinski definition) is 0. The van der Waals surface area contributed by atoms with Crippen LogP contribution < -0.4 is 0 Å². The van der Waals surface area contributed by atoms with E-state index >= 15 is 0 Å². The molecule has 27 heavy (non-hydrogen) atoms. The fraction of sp³-hybridized carbons (Fsp3) is 0.560. The van der Waals surface area contributed by atoms with E-state index in [0.717, 1.165) is 6.16 Å². The topological polar surface area (TPSA) is 12.9 Å². The molecule has 146 valence electrons. The molecule has 1 aromatic carbocycles. The number of aromatic nitrogens is 1. The van der Waals surface area contributed by atoms with Gasteiger partial charge in [-0.2, -0.15) is 0 Å². The van der Waals surface area contributed by atoms with Gasteiger partial charge in [0.1, 0.15) is 0 Å². The Kier molecular flexibility index (Phi) is 5.57. The monoisotopic (exact) mass is 381 g/mol. The third-order valence-corrected chi connectivity index (χ3v) is 9.91. The lowest BCUT2D eigenvalue weighted by Crippen LogP contribution is -2.30. The summed E-state index contributed by atoms with van der Waals surface area (Å²) in [5.74, 6) is 1.03. The van der Waals surface area contributed by atoms with Gasteiger partial charge in [-0.25, -0.2) is 0 Å². The van der Waals surface area contributed by atoms with E-state index < -0.39 is 0 Å². The smallest absolute Gasteiger partial charge is 0.0711 e. The molecule has 2 heteroatoms. The van der Waals surface area contributed by atoms with Crippen LogP contribution >= 0.6 is 7.92 Å². The summed E-state index contributed by atoms with van der Waals surface area (Å²) in [6.45, 7) is 19.3. The minimum atomic E-state index is -0.204. The molecule has 2 bridgehead atoms. The molecule has 0 radical (unpaired) electrons. The van der Waals surface area contributed by atoms with Crippen LogP contribution in [0, 0.1) is 0 Å². The summed E-state index contributed by atoms with van der Waals surface area (Å²) in [6.07, 6.45) is 2.35. The van der Waals surface area contributed by atoms with Crippen LogP contribution in [0.5, 0.6) is 0 Å². The van der Waals surface area contributed by atoms with Crippen molar-refractivity contribution in [1.82, 2.24) is 4.98 Å². The highest BCUT2D eigenvalue weighted by atomic mass is 31.1. The van der Waals surface area contributed by atoms with E-state index in [4.69, 9.17) is 4.98 Å². The van der Waals surface area contributed by atoms with Gasteiger partial charge in [0.05, 0.1) is 5.69 Å². The fourth-order valence-corrected chi connectivity index (χ4v) is 8.69. The summed E-state index contributed by atoms with van der Waals surface area (Å²) in [6, 6.07) is 13.6. The summed E-state index contributed by atoms with van der Waals surface area (Å²) in [7, 11) is -0.204. The Bertz CT molecular complexity index is 813. The molecular formula is C25H36NP. The van der Waals surface area contributed by atoms with Crippen molar-refractivity contribution in [2.75, 3.05) is 0 Å². The molecule has 1 aliphatic heterocycles. The van der Waals surface area contributed by atoms with Crippen LogP contribution in [0.1, 0.15) is 90.5 Å². The molecule has 0 N–H and O–H groups in total. The van der Waals surface area contributed by atoms with Crippen molar-refractivity contribution in [2.45, 2.75) is 90.1 Å². The van der Waals surface area contributed by atoms with Gasteiger partial charge >= 0.3 is 0 Å². The van der Waals surface area contributed by atoms with Gasteiger partial charge < -0.3 is 0 Å². The van der Waals surface area contributed by atoms with Crippen molar-refractivity contribution in [3.8, 4) is 11.3 Å². The third kappa shape index (κ3) is 4.14. The van der Waals surface area contributed by atoms with E-state index in [1.807, 2.05) is 0 Å². The summed E-state index contributed by atoms with van der Waals surface area (Å²) in [5.41, 5.74) is 6.73. The molecule has 2 heterocycles. The highest BCUT2D eigenvalue weighted by molar-refractivity contribution is 7.60. The highest BCUT2D eigenvalue weighted by Crippen LogP contribution is 2.64. The molecule has 1 aromatic heterocycles. The minimum absolute atomic E-state index is 0.204. The summed E-state index contributed by atoms with van der Waals surface area (Å²) >= 11 is 0. The molecule has 2 aromatic rings. The summed E-state index contributed by atoms with van der Waals surface area (Å²) in [5, 5.41) is 0.630. The van der Waals surface area contributed by atoms with E-state index in [2.05, 4.69) is 91.8 Å². The molecule has 2 atom stereocenters. The Labute approximate surface area is 167 Å². The predicted octanol–water partition coefficient (Wildman–Crippen LogP) is 7.94. The van der Waals surface area contributed by atoms with Gasteiger partial charge in [-0.1, -0.05) is 87.6 Å². The molecule has 3 rings (SSSR count). The molecule has 1 aliphatic rings. The molecule has 0 fully saturated rings. The highest BCUT2D eigenvalue weighted by Gasteiger charge is 2.39. The summed E-state index contributed by atoms with van der Waals surface area (Å²) in [4.78, 5) is 5.20. The summed E-state index contributed by atoms with van der Waals surface area (Å²) < 4.78 is 0. The molecule has 0 saturated carbocycles. The zero-order valence-electron chi connectivity index (χ0n) is 18.4. The van der Waals surface area contributed by atoms with E-state index in [1.165, 1.54) is 34.5 Å². The first-order valence-corrected chi connectivity index (χ1v) is 11.9. The Morgan fingerprint density at radius 2 is 1.74 bits per heavy atom. The van der Waals surface area contributed by atoms with Gasteiger partial charge in [0, 0.05) is 17.4 Å². The van der Waals surface area contributed by atoms with E-state index in [9.17, 15) is 0 Å². The zero-order valence-corrected chi connectivity index (χ0v) is 19.3. The number of benzene rings is 1. The quantitative estimate of drug-likeness (QED) is 0.457. The predicted molar refractivity (Wildman–Crippen MR) is 121 cm³/mol. The van der Waals surface area contributed by atoms with Crippen molar-refractivity contribution in [3.63, 3.8) is 0 Å². The maximum absolute atomic E-state index is 5.20. The number of hydrogen-bond acceptors (Lipinski definition) is 1. The van der Waals surface area contributed by atoms with Crippen molar-refractivity contribution in [1.29, 1.82) is 0 Å². The normalized spacial score (nSPS) is 22.4. The van der Waals surface area contributed by atoms with Gasteiger partial charge in [0.2, 0.25) is 0 Å². The Morgan fingerprint density at radius 3 is 2.37 bits per heavy atom. The standard InChI is InChI=1S/C25H36NP/c1-17(2)20-12-10-13-21-18(3)15-25(7,8)27(24(4,5)6)16-19-11-9-14-22(26-19)23(20)21/h9-14,17-18H,15-16H2,1-8H3. The van der Waals surface area contributed by atoms with Crippen LogP contribution in [-0.2, 0) is 6.16 Å². The van der Waals surface area contributed by atoms with Crippen LogP contribution in [0.2, 0.25) is 0 Å². The molecule has 0 spiro atoms. The van der Waals surface area contributed by atoms with Crippen LogP contribution in [0.3, 0.4) is 0 Å². The van der Waals surface area contributed by atoms with E-state index in [0.29, 0.717) is 22.1 Å². The molecule has 0 saturated heterocycles. The van der Waals surface area contributed by atoms with Crippen LogP contribution in [0.25, 0.3) is 11.3 Å². The van der Waals surface area contributed by atoms with Crippen molar-refractivity contribution in [3.05, 3.63) is 53.2 Å². The van der Waals surface area contributed by atoms with E-state index in [-0.39, 0.29) is 7.92 Å². The van der Waals surface area contributed by atoms with Gasteiger partial charge in [-0.3, -0.25) is 4.98 Å². The molecule has 2 unspecified atom stereocenters. The Hall–Kier alpha value is -1.20. The van der Waals surface area contributed by atoms with Crippen molar-refractivity contribution < 1.29 is 0 Å². The third-order valence-electron chi connectivity index (χ3n) is 6.01. The van der Waals surface area contributed by atoms with Crippen molar-refractivity contribution in [2.24, 2.45) is 0 Å². The Morgan fingerprint density at radius 1 is 1.07 bits per heavy atom. The molecule has 0 amide bonds. The lowest BCUT2D eigenvalue weighted by atomic mass is 9.83. The second kappa shape index (κ2) is 7.32. The lowest BCUT2D eigenvalue weighted by molar-refractivity contribution is 0.541. The largest absolute Gasteiger partial charge is 0.252 e. The Balaban J connectivity index is 2.27. The van der Waals surface area contributed by atoms with Gasteiger partial charge in [-0.05, 0) is 51.8 Å². The zero-order chi connectivity index (χ0) is 20.0. The maximum atomic E-state index is 5.20. The molecule has 0 aliphatic carbocycles. The first kappa shape index (κ1) is 20.5. The van der Waals surface area contributed by atoms with Crippen LogP contribution in [0.15, 0.2) is 36.4 Å². The minimum Gasteiger partial charge on any atom is -0.252 e. The van der Waals surface area contributed by atoms with Crippen LogP contribution in [0.4, 0.5) is 0 Å². The number of nitrogens with zero attached hydrogens (tertiary/aromatic N) is 1. The first-order chi connectivity index (χ1) is 12.5. The average molecular weight is 382 g/mol. The van der Waals surface area contributed by atoms with Gasteiger partial charge in [0.15, 0.2) is 0 Å². The SMILES string of the molecule is CC(C)c1cccc2c1-c1cccc(n1)CP(C(C)(C)C)C(C)(C)CC2C. The van der Waals surface area contributed by atoms with E-state index in [1.54, 1.807) is 0 Å².